The molecule has 0 fully saturated rings. The number of sulfonamides is 1. The third kappa shape index (κ3) is 3.18. The number of thiazole rings is 1. The van der Waals surface area contributed by atoms with Gasteiger partial charge in [-0.05, 0) is 46.3 Å². The van der Waals surface area contributed by atoms with Crippen LogP contribution in [0.15, 0.2) is 45.2 Å². The monoisotopic (exact) mass is 403 g/mol. The zero-order chi connectivity index (χ0) is 15.0. The molecule has 0 aliphatic rings. The molecule has 21 heavy (non-hydrogen) atoms. The molecule has 5 nitrogen and oxygen atoms in total. The van der Waals surface area contributed by atoms with Gasteiger partial charge in [-0.1, -0.05) is 22.9 Å². The van der Waals surface area contributed by atoms with Crippen LogP contribution in [0, 0.1) is 0 Å². The molecule has 9 heteroatoms. The van der Waals surface area contributed by atoms with Crippen molar-refractivity contribution in [3.05, 3.63) is 45.5 Å². The summed E-state index contributed by atoms with van der Waals surface area (Å²) in [5, 5.41) is 1.36. The highest BCUT2D eigenvalue weighted by Crippen LogP contribution is 2.26. The van der Waals surface area contributed by atoms with Crippen molar-refractivity contribution < 1.29 is 8.42 Å². The lowest BCUT2D eigenvalue weighted by Gasteiger charge is -2.06. The van der Waals surface area contributed by atoms with E-state index in [1.165, 1.54) is 23.6 Å². The van der Waals surface area contributed by atoms with Crippen LogP contribution >= 0.6 is 38.9 Å². The van der Waals surface area contributed by atoms with Crippen molar-refractivity contribution in [3.8, 4) is 0 Å². The Morgan fingerprint density at radius 1 is 1.24 bits per heavy atom. The smallest absolute Gasteiger partial charge is 0.255 e. The highest BCUT2D eigenvalue weighted by molar-refractivity contribution is 9.11. The predicted molar refractivity (Wildman–Crippen MR) is 87.4 cm³/mol. The maximum atomic E-state index is 12.3. The fourth-order valence-corrected chi connectivity index (χ4v) is 4.26. The van der Waals surface area contributed by atoms with Crippen LogP contribution in [-0.2, 0) is 10.0 Å². The van der Waals surface area contributed by atoms with E-state index in [2.05, 4.69) is 30.6 Å². The minimum absolute atomic E-state index is 0.144. The Bertz CT molecular complexity index is 927. The molecule has 0 saturated carbocycles. The summed E-state index contributed by atoms with van der Waals surface area (Å²) < 4.78 is 27.8. The van der Waals surface area contributed by atoms with Crippen LogP contribution in [0.2, 0.25) is 5.15 Å². The van der Waals surface area contributed by atoms with Crippen molar-refractivity contribution in [3.63, 3.8) is 0 Å². The lowest BCUT2D eigenvalue weighted by molar-refractivity contribution is 0.601. The Balaban J connectivity index is 2.00. The standard InChI is InChI=1S/C12H7BrClN3O2S2/c13-10-6-15-12(20-10)17-21(18,19)8-2-3-9-7(5-8)1-4-11(14)16-9/h1-6H,(H,15,17). The molecule has 2 heterocycles. The summed E-state index contributed by atoms with van der Waals surface area (Å²) >= 11 is 10.2. The molecule has 0 spiro atoms. The van der Waals surface area contributed by atoms with Gasteiger partial charge in [0.25, 0.3) is 10.0 Å². The van der Waals surface area contributed by atoms with Gasteiger partial charge in [0.2, 0.25) is 0 Å². The molecule has 0 atom stereocenters. The molecular weight excluding hydrogens is 398 g/mol. The van der Waals surface area contributed by atoms with Crippen molar-refractivity contribution in [2.75, 3.05) is 4.72 Å². The molecule has 0 aliphatic carbocycles. The fraction of sp³-hybridized carbons (Fsp3) is 0. The van der Waals surface area contributed by atoms with E-state index < -0.39 is 10.0 Å². The van der Waals surface area contributed by atoms with Gasteiger partial charge in [-0.25, -0.2) is 18.4 Å². The summed E-state index contributed by atoms with van der Waals surface area (Å²) in [5.74, 6) is 0. The third-order valence-corrected chi connectivity index (χ3v) is 5.70. The number of benzene rings is 1. The molecule has 3 rings (SSSR count). The number of fused-ring (bicyclic) bond motifs is 1. The largest absolute Gasteiger partial charge is 0.263 e. The molecule has 0 amide bonds. The number of rotatable bonds is 3. The Morgan fingerprint density at radius 3 is 2.76 bits per heavy atom. The van der Waals surface area contributed by atoms with Gasteiger partial charge >= 0.3 is 0 Å². The normalized spacial score (nSPS) is 11.7. The SMILES string of the molecule is O=S(=O)(Nc1ncc(Br)s1)c1ccc2nc(Cl)ccc2c1. The molecule has 0 bridgehead atoms. The second-order valence-corrected chi connectivity index (χ2v) is 8.54. The van der Waals surface area contributed by atoms with E-state index in [9.17, 15) is 8.42 Å². The second kappa shape index (κ2) is 5.53. The van der Waals surface area contributed by atoms with Gasteiger partial charge < -0.3 is 0 Å². The first-order chi connectivity index (χ1) is 9.94. The first kappa shape index (κ1) is 14.7. The van der Waals surface area contributed by atoms with E-state index in [0.29, 0.717) is 21.2 Å². The minimum Gasteiger partial charge on any atom is -0.255 e. The maximum absolute atomic E-state index is 12.3. The van der Waals surface area contributed by atoms with Crippen molar-refractivity contribution in [1.29, 1.82) is 0 Å². The van der Waals surface area contributed by atoms with E-state index >= 15 is 0 Å². The molecule has 0 unspecified atom stereocenters. The van der Waals surface area contributed by atoms with E-state index in [1.807, 2.05) is 0 Å². The quantitative estimate of drug-likeness (QED) is 0.672. The summed E-state index contributed by atoms with van der Waals surface area (Å²) in [6.45, 7) is 0. The molecule has 0 radical (unpaired) electrons. The third-order valence-electron chi connectivity index (χ3n) is 2.64. The average molecular weight is 405 g/mol. The molecule has 2 aromatic heterocycles. The summed E-state index contributed by atoms with van der Waals surface area (Å²) in [5.41, 5.74) is 0.637. The molecule has 0 saturated heterocycles. The van der Waals surface area contributed by atoms with Gasteiger partial charge in [0, 0.05) is 5.39 Å². The van der Waals surface area contributed by atoms with Gasteiger partial charge in [0.05, 0.1) is 20.4 Å². The topological polar surface area (TPSA) is 72.0 Å². The fourth-order valence-electron chi connectivity index (χ4n) is 1.72. The first-order valence-corrected chi connectivity index (χ1v) is 9.11. The van der Waals surface area contributed by atoms with Crippen LogP contribution in [0.4, 0.5) is 5.13 Å². The Hall–Kier alpha value is -1.22. The second-order valence-electron chi connectivity index (χ2n) is 4.06. The van der Waals surface area contributed by atoms with Crippen LogP contribution in [0.3, 0.4) is 0 Å². The molecule has 1 N–H and O–H groups in total. The van der Waals surface area contributed by atoms with Crippen LogP contribution in [0.25, 0.3) is 10.9 Å². The summed E-state index contributed by atoms with van der Waals surface area (Å²) in [4.78, 5) is 8.22. The Kier molecular flexibility index (Phi) is 3.87. The van der Waals surface area contributed by atoms with Crippen LogP contribution < -0.4 is 4.72 Å². The van der Waals surface area contributed by atoms with Crippen molar-refractivity contribution in [1.82, 2.24) is 9.97 Å². The molecule has 1 aromatic carbocycles. The number of halogens is 2. The number of hydrogen-bond acceptors (Lipinski definition) is 5. The number of anilines is 1. The predicted octanol–water partition coefficient (Wildman–Crippen LogP) is 3.91. The minimum atomic E-state index is -3.69. The number of hydrogen-bond donors (Lipinski definition) is 1. The number of aromatic nitrogens is 2. The van der Waals surface area contributed by atoms with Crippen molar-refractivity contribution >= 4 is 64.9 Å². The highest BCUT2D eigenvalue weighted by atomic mass is 79.9. The van der Waals surface area contributed by atoms with E-state index in [4.69, 9.17) is 11.6 Å². The van der Waals surface area contributed by atoms with E-state index in [-0.39, 0.29) is 4.90 Å². The van der Waals surface area contributed by atoms with Crippen molar-refractivity contribution in [2.24, 2.45) is 0 Å². The van der Waals surface area contributed by atoms with Gasteiger partial charge in [0.15, 0.2) is 5.13 Å². The van der Waals surface area contributed by atoms with Crippen LogP contribution in [0.1, 0.15) is 0 Å². The lowest BCUT2D eigenvalue weighted by Crippen LogP contribution is -2.12. The zero-order valence-electron chi connectivity index (χ0n) is 10.2. The van der Waals surface area contributed by atoms with Gasteiger partial charge in [-0.3, -0.25) is 4.72 Å². The maximum Gasteiger partial charge on any atom is 0.263 e. The number of pyridine rings is 1. The summed E-state index contributed by atoms with van der Waals surface area (Å²) in [6, 6.07) is 7.99. The average Bonchev–Trinajstić information content (AvgIpc) is 2.82. The molecule has 3 aromatic rings. The van der Waals surface area contributed by atoms with E-state index in [1.54, 1.807) is 24.3 Å². The number of nitrogens with one attached hydrogen (secondary N) is 1. The lowest BCUT2D eigenvalue weighted by atomic mass is 10.2. The first-order valence-electron chi connectivity index (χ1n) is 5.64. The molecule has 108 valence electrons. The van der Waals surface area contributed by atoms with Gasteiger partial charge in [-0.2, -0.15) is 0 Å². The zero-order valence-corrected chi connectivity index (χ0v) is 14.2. The van der Waals surface area contributed by atoms with Gasteiger partial charge in [-0.15, -0.1) is 0 Å². The summed E-state index contributed by atoms with van der Waals surface area (Å²) in [7, 11) is -3.69. The highest BCUT2D eigenvalue weighted by Gasteiger charge is 2.16. The van der Waals surface area contributed by atoms with Gasteiger partial charge in [0.1, 0.15) is 5.15 Å². The Labute approximate surface area is 138 Å². The van der Waals surface area contributed by atoms with Crippen LogP contribution in [0.5, 0.6) is 0 Å². The summed E-state index contributed by atoms with van der Waals surface area (Å²) in [6.07, 6.45) is 1.54. The van der Waals surface area contributed by atoms with Crippen LogP contribution in [-0.4, -0.2) is 18.4 Å². The van der Waals surface area contributed by atoms with E-state index in [0.717, 1.165) is 3.79 Å². The Morgan fingerprint density at radius 2 is 2.05 bits per heavy atom. The molecule has 0 aliphatic heterocycles. The number of nitrogens with zero attached hydrogens (tertiary/aromatic N) is 2. The van der Waals surface area contributed by atoms with Crippen molar-refractivity contribution in [2.45, 2.75) is 4.90 Å². The molecular formula is C12H7BrClN3O2S2.